The molecule has 1 aliphatic heterocycles. The van der Waals surface area contributed by atoms with Crippen molar-refractivity contribution in [1.29, 1.82) is 0 Å². The summed E-state index contributed by atoms with van der Waals surface area (Å²) in [6.07, 6.45) is 0. The maximum Gasteiger partial charge on any atom is 0.242 e. The van der Waals surface area contributed by atoms with Crippen molar-refractivity contribution in [2.45, 2.75) is 19.0 Å². The molecule has 2 unspecified atom stereocenters. The summed E-state index contributed by atoms with van der Waals surface area (Å²) in [5.74, 6) is 0.0642. The highest BCUT2D eigenvalue weighted by atomic mass is 32.2. The fraction of sp³-hybridized carbons (Fsp3) is 0.292. The van der Waals surface area contributed by atoms with Crippen LogP contribution in [0.25, 0.3) is 10.8 Å². The van der Waals surface area contributed by atoms with Gasteiger partial charge in [-0.15, -0.1) is 0 Å². The lowest BCUT2D eigenvalue weighted by atomic mass is 10.0. The quantitative estimate of drug-likeness (QED) is 0.684. The van der Waals surface area contributed by atoms with Gasteiger partial charge in [0.25, 0.3) is 0 Å². The van der Waals surface area contributed by atoms with Crippen LogP contribution in [0.4, 0.5) is 0 Å². The van der Waals surface area contributed by atoms with E-state index in [1.54, 1.807) is 0 Å². The number of carbonyl (C=O) groups is 1. The minimum absolute atomic E-state index is 0.0871. The number of rotatable bonds is 5. The normalized spacial score (nSPS) is 18.6. The molecule has 0 spiro atoms. The molecule has 1 aliphatic rings. The maximum absolute atomic E-state index is 13.3. The molecular weight excluding hydrogens is 396 g/mol. The Balaban J connectivity index is 1.56. The van der Waals surface area contributed by atoms with E-state index in [1.165, 1.54) is 0 Å². The summed E-state index contributed by atoms with van der Waals surface area (Å²) in [5.41, 5.74) is 1.91. The molecule has 1 N–H and O–H groups in total. The molecule has 3 aromatic carbocycles. The Kier molecular flexibility index (Phi) is 5.88. The molecule has 0 saturated carbocycles. The number of amides is 1. The Morgan fingerprint density at radius 3 is 2.20 bits per heavy atom. The van der Waals surface area contributed by atoms with Gasteiger partial charge in [0.2, 0.25) is 5.91 Å². The topological polar surface area (TPSA) is 66.5 Å². The molecule has 6 heteroatoms. The summed E-state index contributed by atoms with van der Waals surface area (Å²) in [5, 5.41) is 5.45. The van der Waals surface area contributed by atoms with Gasteiger partial charge >= 0.3 is 0 Å². The number of sulfone groups is 1. The van der Waals surface area contributed by atoms with E-state index in [2.05, 4.69) is 29.6 Å². The molecule has 2 atom stereocenters. The average Bonchev–Trinajstić information content (AvgIpc) is 2.75. The van der Waals surface area contributed by atoms with Gasteiger partial charge in [-0.3, -0.25) is 9.69 Å². The third-order valence-corrected chi connectivity index (χ3v) is 7.35. The van der Waals surface area contributed by atoms with E-state index in [9.17, 15) is 13.2 Å². The molecular formula is C24H26N2O3S. The highest BCUT2D eigenvalue weighted by Gasteiger charge is 2.33. The first kappa shape index (κ1) is 20.6. The number of nitrogens with one attached hydrogen (secondary N) is 1. The summed E-state index contributed by atoms with van der Waals surface area (Å²) >= 11 is 0. The fourth-order valence-corrected chi connectivity index (χ4v) is 5.23. The van der Waals surface area contributed by atoms with Crippen molar-refractivity contribution in [3.05, 3.63) is 83.9 Å². The molecule has 156 valence electrons. The molecule has 1 amide bonds. The number of hydrogen-bond acceptors (Lipinski definition) is 4. The van der Waals surface area contributed by atoms with Gasteiger partial charge in [-0.25, -0.2) is 8.42 Å². The zero-order valence-electron chi connectivity index (χ0n) is 17.0. The molecule has 0 radical (unpaired) electrons. The highest BCUT2D eigenvalue weighted by molar-refractivity contribution is 7.91. The van der Waals surface area contributed by atoms with Crippen LogP contribution in [0.3, 0.4) is 0 Å². The minimum Gasteiger partial charge on any atom is -0.348 e. The van der Waals surface area contributed by atoms with Gasteiger partial charge in [0.05, 0.1) is 17.5 Å². The lowest BCUT2D eigenvalue weighted by molar-refractivity contribution is -0.127. The van der Waals surface area contributed by atoms with Crippen LogP contribution in [0.5, 0.6) is 0 Å². The van der Waals surface area contributed by atoms with E-state index >= 15 is 0 Å². The van der Waals surface area contributed by atoms with E-state index in [4.69, 9.17) is 0 Å². The summed E-state index contributed by atoms with van der Waals surface area (Å²) in [4.78, 5) is 15.3. The summed E-state index contributed by atoms with van der Waals surface area (Å²) in [6.45, 7) is 2.70. The molecule has 0 aliphatic carbocycles. The molecule has 1 fully saturated rings. The Labute approximate surface area is 177 Å². The smallest absolute Gasteiger partial charge is 0.242 e. The van der Waals surface area contributed by atoms with Crippen molar-refractivity contribution in [3.63, 3.8) is 0 Å². The van der Waals surface area contributed by atoms with Gasteiger partial charge in [0, 0.05) is 13.1 Å². The largest absolute Gasteiger partial charge is 0.348 e. The van der Waals surface area contributed by atoms with E-state index in [0.29, 0.717) is 13.1 Å². The van der Waals surface area contributed by atoms with Crippen LogP contribution < -0.4 is 5.32 Å². The third kappa shape index (κ3) is 4.55. The van der Waals surface area contributed by atoms with Crippen molar-refractivity contribution >= 4 is 26.5 Å². The SMILES string of the molecule is CC(NC(=O)C(c1ccccc1)N1CCS(=O)(=O)CC1)c1ccc2ccccc2c1. The van der Waals surface area contributed by atoms with Crippen molar-refractivity contribution in [1.82, 2.24) is 10.2 Å². The fourth-order valence-electron chi connectivity index (χ4n) is 4.00. The molecule has 1 saturated heterocycles. The van der Waals surface area contributed by atoms with Gasteiger partial charge in [-0.1, -0.05) is 66.7 Å². The Morgan fingerprint density at radius 2 is 1.50 bits per heavy atom. The number of benzene rings is 3. The number of carbonyl (C=O) groups excluding carboxylic acids is 1. The summed E-state index contributed by atoms with van der Waals surface area (Å²) in [7, 11) is -3.02. The van der Waals surface area contributed by atoms with Crippen LogP contribution in [-0.2, 0) is 14.6 Å². The van der Waals surface area contributed by atoms with E-state index < -0.39 is 15.9 Å². The first-order chi connectivity index (χ1) is 14.4. The molecule has 3 aromatic rings. The lowest BCUT2D eigenvalue weighted by Gasteiger charge is -2.34. The number of fused-ring (bicyclic) bond motifs is 1. The third-order valence-electron chi connectivity index (χ3n) is 5.74. The van der Waals surface area contributed by atoms with Crippen LogP contribution in [0.15, 0.2) is 72.8 Å². The number of hydrogen-bond donors (Lipinski definition) is 1. The van der Waals surface area contributed by atoms with Gasteiger partial charge in [-0.05, 0) is 34.9 Å². The van der Waals surface area contributed by atoms with Crippen LogP contribution in [0, 0.1) is 0 Å². The summed E-state index contributed by atoms with van der Waals surface area (Å²) < 4.78 is 23.7. The zero-order valence-corrected chi connectivity index (χ0v) is 17.8. The first-order valence-corrected chi connectivity index (χ1v) is 12.0. The second kappa shape index (κ2) is 8.58. The van der Waals surface area contributed by atoms with Crippen LogP contribution in [-0.4, -0.2) is 43.8 Å². The van der Waals surface area contributed by atoms with Crippen LogP contribution in [0.1, 0.15) is 30.1 Å². The predicted octanol–water partition coefficient (Wildman–Crippen LogP) is 3.49. The Hall–Kier alpha value is -2.70. The molecule has 4 rings (SSSR count). The lowest BCUT2D eigenvalue weighted by Crippen LogP contribution is -2.47. The Bertz CT molecular complexity index is 1130. The molecule has 0 aromatic heterocycles. The second-order valence-electron chi connectivity index (χ2n) is 7.84. The average molecular weight is 423 g/mol. The van der Waals surface area contributed by atoms with Gasteiger partial charge < -0.3 is 5.32 Å². The minimum atomic E-state index is -3.02. The van der Waals surface area contributed by atoms with Crippen LogP contribution in [0.2, 0.25) is 0 Å². The van der Waals surface area contributed by atoms with Crippen LogP contribution >= 0.6 is 0 Å². The van der Waals surface area contributed by atoms with Crippen molar-refractivity contribution in [2.75, 3.05) is 24.6 Å². The van der Waals surface area contributed by atoms with Crippen molar-refractivity contribution in [3.8, 4) is 0 Å². The first-order valence-electron chi connectivity index (χ1n) is 10.2. The standard InChI is InChI=1S/C24H26N2O3S/c1-18(21-12-11-19-7-5-6-10-22(19)17-21)25-24(27)23(20-8-3-2-4-9-20)26-13-15-30(28,29)16-14-26/h2-12,17-18,23H,13-16H2,1H3,(H,25,27). The number of nitrogens with zero attached hydrogens (tertiary/aromatic N) is 1. The van der Waals surface area contributed by atoms with E-state index in [-0.39, 0.29) is 23.5 Å². The monoisotopic (exact) mass is 422 g/mol. The highest BCUT2D eigenvalue weighted by Crippen LogP contribution is 2.26. The van der Waals surface area contributed by atoms with Gasteiger partial charge in [0.1, 0.15) is 6.04 Å². The van der Waals surface area contributed by atoms with Crippen molar-refractivity contribution in [2.24, 2.45) is 0 Å². The van der Waals surface area contributed by atoms with Gasteiger partial charge in [0.15, 0.2) is 9.84 Å². The summed E-state index contributed by atoms with van der Waals surface area (Å²) in [6, 6.07) is 23.3. The van der Waals surface area contributed by atoms with E-state index in [1.807, 2.05) is 60.4 Å². The molecule has 5 nitrogen and oxygen atoms in total. The van der Waals surface area contributed by atoms with Crippen molar-refractivity contribution < 1.29 is 13.2 Å². The zero-order chi connectivity index (χ0) is 21.1. The molecule has 1 heterocycles. The maximum atomic E-state index is 13.3. The van der Waals surface area contributed by atoms with Gasteiger partial charge in [-0.2, -0.15) is 0 Å². The molecule has 30 heavy (non-hydrogen) atoms. The van der Waals surface area contributed by atoms with E-state index in [0.717, 1.165) is 21.9 Å². The second-order valence-corrected chi connectivity index (χ2v) is 10.1. The Morgan fingerprint density at radius 1 is 0.867 bits per heavy atom. The molecule has 0 bridgehead atoms. The predicted molar refractivity (Wildman–Crippen MR) is 120 cm³/mol.